The van der Waals surface area contributed by atoms with Crippen LogP contribution >= 0.6 is 22.6 Å². The quantitative estimate of drug-likeness (QED) is 0.446. The van der Waals surface area contributed by atoms with E-state index in [1.54, 1.807) is 6.07 Å². The number of carbonyl (C=O) groups is 4. The predicted octanol–water partition coefficient (Wildman–Crippen LogP) is 2.44. The first-order valence-corrected chi connectivity index (χ1v) is 12.0. The molecule has 8 nitrogen and oxygen atoms in total. The molecule has 1 fully saturated rings. The van der Waals surface area contributed by atoms with Gasteiger partial charge in [0.05, 0.1) is 0 Å². The maximum absolute atomic E-state index is 13.1. The van der Waals surface area contributed by atoms with E-state index in [0.29, 0.717) is 30.6 Å². The third-order valence-electron chi connectivity index (χ3n) is 6.70. The first-order valence-electron chi connectivity index (χ1n) is 10.9. The third kappa shape index (κ3) is 3.88. The fourth-order valence-corrected chi connectivity index (χ4v) is 5.74. The van der Waals surface area contributed by atoms with Crippen LogP contribution in [0, 0.1) is 3.57 Å². The van der Waals surface area contributed by atoms with Gasteiger partial charge in [0.15, 0.2) is 0 Å². The number of rotatable bonds is 3. The number of halogens is 1. The van der Waals surface area contributed by atoms with E-state index in [2.05, 4.69) is 39.3 Å². The minimum absolute atomic E-state index is 0.116. The van der Waals surface area contributed by atoms with E-state index in [1.807, 2.05) is 36.2 Å². The Hall–Kier alpha value is -2.95. The molecule has 3 aliphatic heterocycles. The van der Waals surface area contributed by atoms with Crippen LogP contribution in [-0.2, 0) is 27.3 Å². The Bertz CT molecular complexity index is 1200. The van der Waals surface area contributed by atoms with E-state index in [1.165, 1.54) is 10.5 Å². The molecule has 0 saturated carbocycles. The second kappa shape index (κ2) is 8.44. The van der Waals surface area contributed by atoms with Gasteiger partial charge in [-0.15, -0.1) is 0 Å². The van der Waals surface area contributed by atoms with Gasteiger partial charge in [-0.3, -0.25) is 24.5 Å². The molecule has 2 N–H and O–H groups in total. The number of likely N-dealkylation sites (N-methyl/N-ethyl adjacent to an activating group) is 1. The summed E-state index contributed by atoms with van der Waals surface area (Å²) in [5.41, 5.74) is 4.18. The molecule has 3 heterocycles. The van der Waals surface area contributed by atoms with Gasteiger partial charge in [0.25, 0.3) is 5.91 Å². The van der Waals surface area contributed by atoms with Gasteiger partial charge in [-0.05, 0) is 71.2 Å². The Labute approximate surface area is 204 Å². The Balaban J connectivity index is 1.34. The minimum Gasteiger partial charge on any atom is -0.362 e. The van der Waals surface area contributed by atoms with Crippen LogP contribution in [0.25, 0.3) is 0 Å². The van der Waals surface area contributed by atoms with Crippen molar-refractivity contribution in [3.63, 3.8) is 0 Å². The van der Waals surface area contributed by atoms with E-state index < -0.39 is 11.9 Å². The molecule has 0 radical (unpaired) electrons. The monoisotopic (exact) mass is 558 g/mol. The van der Waals surface area contributed by atoms with Crippen molar-refractivity contribution < 1.29 is 19.2 Å². The summed E-state index contributed by atoms with van der Waals surface area (Å²) in [4.78, 5) is 53.6. The van der Waals surface area contributed by atoms with Gasteiger partial charge in [0, 0.05) is 40.5 Å². The van der Waals surface area contributed by atoms with Gasteiger partial charge in [-0.1, -0.05) is 18.2 Å². The second-order valence-electron chi connectivity index (χ2n) is 8.67. The van der Waals surface area contributed by atoms with Gasteiger partial charge in [-0.25, -0.2) is 0 Å². The molecular weight excluding hydrogens is 535 g/mol. The molecule has 9 heteroatoms. The standard InChI is InChI=1S/C24H23IN4O4/c1-28-18-5-3-2-4-13(18)6-7-19(28)22(31)26-14-10-15-16(17(25)11-14)12-29(24(15)33)20-8-9-21(30)27-23(20)32/h2-5,10-11,19-20H,6-9,12H2,1H3,(H,26,31)(H,27,30,32). The van der Waals surface area contributed by atoms with Gasteiger partial charge >= 0.3 is 0 Å². The molecule has 1 saturated heterocycles. The summed E-state index contributed by atoms with van der Waals surface area (Å²) >= 11 is 2.16. The average Bonchev–Trinajstić information content (AvgIpc) is 3.11. The third-order valence-corrected chi connectivity index (χ3v) is 7.66. The van der Waals surface area contributed by atoms with E-state index in [-0.39, 0.29) is 30.2 Å². The lowest BCUT2D eigenvalue weighted by Crippen LogP contribution is -2.52. The number of carbonyl (C=O) groups excluding carboxylic acids is 4. The number of anilines is 2. The number of piperidine rings is 1. The van der Waals surface area contributed by atoms with E-state index in [9.17, 15) is 19.2 Å². The van der Waals surface area contributed by atoms with Crippen molar-refractivity contribution in [2.75, 3.05) is 17.3 Å². The fraction of sp³-hybridized carbons (Fsp3) is 0.333. The number of benzene rings is 2. The van der Waals surface area contributed by atoms with Crippen LogP contribution in [0.1, 0.15) is 40.7 Å². The zero-order chi connectivity index (χ0) is 23.3. The lowest BCUT2D eigenvalue weighted by molar-refractivity contribution is -0.137. The summed E-state index contributed by atoms with van der Waals surface area (Å²) in [6.07, 6.45) is 2.08. The Morgan fingerprint density at radius 3 is 2.70 bits per heavy atom. The molecule has 0 aromatic heterocycles. The normalized spacial score (nSPS) is 22.1. The maximum Gasteiger partial charge on any atom is 0.255 e. The Morgan fingerprint density at radius 2 is 1.91 bits per heavy atom. The fourth-order valence-electron chi connectivity index (χ4n) is 4.94. The van der Waals surface area contributed by atoms with Crippen molar-refractivity contribution in [3.05, 3.63) is 56.7 Å². The first-order chi connectivity index (χ1) is 15.8. The van der Waals surface area contributed by atoms with Crippen molar-refractivity contribution in [1.29, 1.82) is 0 Å². The zero-order valence-electron chi connectivity index (χ0n) is 18.1. The number of hydrogen-bond acceptors (Lipinski definition) is 5. The number of fused-ring (bicyclic) bond motifs is 2. The topological polar surface area (TPSA) is 98.8 Å². The van der Waals surface area contributed by atoms with Gasteiger partial charge < -0.3 is 15.1 Å². The number of amides is 4. The second-order valence-corrected chi connectivity index (χ2v) is 9.83. The van der Waals surface area contributed by atoms with Gasteiger partial charge in [0.1, 0.15) is 12.1 Å². The molecule has 170 valence electrons. The van der Waals surface area contributed by atoms with Gasteiger partial charge in [-0.2, -0.15) is 0 Å². The average molecular weight is 558 g/mol. The molecule has 5 rings (SSSR count). The highest BCUT2D eigenvalue weighted by Gasteiger charge is 2.40. The molecule has 2 atom stereocenters. The van der Waals surface area contributed by atoms with Crippen molar-refractivity contribution >= 4 is 57.6 Å². The summed E-state index contributed by atoms with van der Waals surface area (Å²) in [6, 6.07) is 10.7. The number of imide groups is 1. The van der Waals surface area contributed by atoms with Crippen LogP contribution in [0.4, 0.5) is 11.4 Å². The minimum atomic E-state index is -0.660. The number of aryl methyl sites for hydroxylation is 1. The summed E-state index contributed by atoms with van der Waals surface area (Å²) in [6.45, 7) is 0.315. The highest BCUT2D eigenvalue weighted by molar-refractivity contribution is 14.1. The van der Waals surface area contributed by atoms with Crippen molar-refractivity contribution in [2.45, 2.75) is 44.3 Å². The largest absolute Gasteiger partial charge is 0.362 e. The molecule has 2 unspecified atom stereocenters. The molecule has 3 aliphatic rings. The Kier molecular flexibility index (Phi) is 5.59. The van der Waals surface area contributed by atoms with Crippen LogP contribution in [-0.4, -0.2) is 47.7 Å². The number of nitrogens with zero attached hydrogens (tertiary/aromatic N) is 2. The summed E-state index contributed by atoms with van der Waals surface area (Å²) in [5, 5.41) is 5.31. The molecule has 2 aromatic rings. The summed E-state index contributed by atoms with van der Waals surface area (Å²) < 4.78 is 0.853. The molecule has 33 heavy (non-hydrogen) atoms. The molecular formula is C24H23IN4O4. The number of para-hydroxylation sites is 1. The van der Waals surface area contributed by atoms with Crippen LogP contribution in [0.15, 0.2) is 36.4 Å². The van der Waals surface area contributed by atoms with Crippen LogP contribution in [0.2, 0.25) is 0 Å². The molecule has 0 bridgehead atoms. The lowest BCUT2D eigenvalue weighted by atomic mass is 9.96. The smallest absolute Gasteiger partial charge is 0.255 e. The van der Waals surface area contributed by atoms with E-state index in [4.69, 9.17) is 0 Å². The van der Waals surface area contributed by atoms with Crippen LogP contribution in [0.3, 0.4) is 0 Å². The maximum atomic E-state index is 13.1. The highest BCUT2D eigenvalue weighted by Crippen LogP contribution is 2.34. The van der Waals surface area contributed by atoms with Gasteiger partial charge in [0.2, 0.25) is 17.7 Å². The summed E-state index contributed by atoms with van der Waals surface area (Å²) in [5.74, 6) is -1.11. The van der Waals surface area contributed by atoms with E-state index in [0.717, 1.165) is 21.2 Å². The number of hydrogen-bond donors (Lipinski definition) is 2. The number of nitrogens with one attached hydrogen (secondary N) is 2. The van der Waals surface area contributed by atoms with E-state index >= 15 is 0 Å². The highest BCUT2D eigenvalue weighted by atomic mass is 127. The van der Waals surface area contributed by atoms with Crippen LogP contribution in [0.5, 0.6) is 0 Å². The lowest BCUT2D eigenvalue weighted by Gasteiger charge is -2.35. The summed E-state index contributed by atoms with van der Waals surface area (Å²) in [7, 11) is 1.93. The predicted molar refractivity (Wildman–Crippen MR) is 131 cm³/mol. The molecule has 2 aromatic carbocycles. The van der Waals surface area contributed by atoms with Crippen molar-refractivity contribution in [3.8, 4) is 0 Å². The molecule has 0 spiro atoms. The van der Waals surface area contributed by atoms with Crippen molar-refractivity contribution in [1.82, 2.24) is 10.2 Å². The first kappa shape index (κ1) is 21.9. The zero-order valence-corrected chi connectivity index (χ0v) is 20.2. The Morgan fingerprint density at radius 1 is 1.12 bits per heavy atom. The molecule has 0 aliphatic carbocycles. The SMILES string of the molecule is CN1c2ccccc2CCC1C(=O)Nc1cc(I)c2c(c1)C(=O)N(C1CCC(=O)NC1=O)C2. The van der Waals surface area contributed by atoms with Crippen molar-refractivity contribution in [2.24, 2.45) is 0 Å². The van der Waals surface area contributed by atoms with Crippen LogP contribution < -0.4 is 15.5 Å². The molecule has 4 amide bonds.